The highest BCUT2D eigenvalue weighted by molar-refractivity contribution is 6.30. The fourth-order valence-electron chi connectivity index (χ4n) is 6.18. The minimum atomic E-state index is -0.523. The summed E-state index contributed by atoms with van der Waals surface area (Å²) >= 11 is 12.8. The van der Waals surface area contributed by atoms with Gasteiger partial charge in [0, 0.05) is 47.2 Å². The zero-order valence-electron chi connectivity index (χ0n) is 22.1. The van der Waals surface area contributed by atoms with Gasteiger partial charge in [-0.05, 0) is 72.7 Å². The van der Waals surface area contributed by atoms with Crippen LogP contribution in [0.1, 0.15) is 57.1 Å². The fraction of sp³-hybridized carbons (Fsp3) is 0.533. The first-order chi connectivity index (χ1) is 17.6. The molecule has 2 N–H and O–H groups in total. The predicted octanol–water partition coefficient (Wildman–Crippen LogP) is 6.04. The van der Waals surface area contributed by atoms with Crippen molar-refractivity contribution in [2.45, 2.75) is 63.5 Å². The Labute approximate surface area is 231 Å². The zero-order valence-corrected chi connectivity index (χ0v) is 23.6. The Bertz CT molecular complexity index is 1080. The number of nitrogens with zero attached hydrogens (tertiary/aromatic N) is 1. The number of hydrogen-bond acceptors (Lipinski definition) is 4. The van der Waals surface area contributed by atoms with Gasteiger partial charge in [0.05, 0.1) is 12.6 Å². The van der Waals surface area contributed by atoms with E-state index in [9.17, 15) is 4.79 Å². The predicted molar refractivity (Wildman–Crippen MR) is 153 cm³/mol. The van der Waals surface area contributed by atoms with E-state index in [2.05, 4.69) is 61.3 Å². The second-order valence-electron chi connectivity index (χ2n) is 11.7. The third kappa shape index (κ3) is 6.39. The molecular formula is C30H39Cl2N3O2. The van der Waals surface area contributed by atoms with Crippen LogP contribution in [0.2, 0.25) is 10.0 Å². The van der Waals surface area contributed by atoms with Gasteiger partial charge >= 0.3 is 0 Å². The summed E-state index contributed by atoms with van der Waals surface area (Å²) in [6.07, 6.45) is 2.79. The van der Waals surface area contributed by atoms with E-state index in [0.29, 0.717) is 29.1 Å². The van der Waals surface area contributed by atoms with Crippen molar-refractivity contribution in [2.75, 3.05) is 26.3 Å². The number of carbonyl (C=O) groups excluding carboxylic acids is 1. The Kier molecular flexibility index (Phi) is 9.00. The highest BCUT2D eigenvalue weighted by Crippen LogP contribution is 2.52. The maximum Gasteiger partial charge on any atom is 0.237 e. The average molecular weight is 545 g/mol. The number of nitrogens with one attached hydrogen (secondary N) is 2. The summed E-state index contributed by atoms with van der Waals surface area (Å²) in [6.45, 7) is 13.2. The summed E-state index contributed by atoms with van der Waals surface area (Å²) < 4.78 is 5.50. The lowest BCUT2D eigenvalue weighted by molar-refractivity contribution is -0.123. The Morgan fingerprint density at radius 2 is 1.84 bits per heavy atom. The van der Waals surface area contributed by atoms with Gasteiger partial charge < -0.3 is 15.4 Å². The van der Waals surface area contributed by atoms with Crippen LogP contribution >= 0.6 is 23.2 Å². The summed E-state index contributed by atoms with van der Waals surface area (Å²) in [5.74, 6) is 0.236. The lowest BCUT2D eigenvalue weighted by Crippen LogP contribution is -2.47. The van der Waals surface area contributed by atoms with Crippen LogP contribution in [0, 0.1) is 11.3 Å². The number of amides is 1. The molecule has 2 aliphatic rings. The molecule has 2 heterocycles. The van der Waals surface area contributed by atoms with Crippen molar-refractivity contribution in [1.29, 1.82) is 0 Å². The molecule has 2 fully saturated rings. The summed E-state index contributed by atoms with van der Waals surface area (Å²) in [7, 11) is 0. The molecule has 37 heavy (non-hydrogen) atoms. The van der Waals surface area contributed by atoms with E-state index >= 15 is 0 Å². The molecule has 2 aliphatic heterocycles. The number of rotatable bonds is 8. The standard InChI is InChI=1S/C30H39Cl2N3O2/c1-29(2,3)17-25-30(19-33-4,22-8-10-23(31)11-9-22)26(21-6-5-7-24(32)16-21)27(35-25)28(36)34-18-20-12-14-37-15-13-20/h5-11,16,20,25-27,35H,4,12-15,17-19H2,1-3H3,(H,34,36)/t25-,26-,27+,30-/m0/s1. The van der Waals surface area contributed by atoms with Crippen molar-refractivity contribution in [2.24, 2.45) is 16.3 Å². The van der Waals surface area contributed by atoms with Crippen molar-refractivity contribution in [3.05, 3.63) is 69.7 Å². The Morgan fingerprint density at radius 3 is 2.46 bits per heavy atom. The van der Waals surface area contributed by atoms with Crippen LogP contribution in [0.25, 0.3) is 0 Å². The highest BCUT2D eigenvalue weighted by Gasteiger charge is 2.58. The molecule has 4 atom stereocenters. The average Bonchev–Trinajstić information content (AvgIpc) is 3.17. The molecule has 0 aromatic heterocycles. The van der Waals surface area contributed by atoms with E-state index in [1.165, 1.54) is 0 Å². The summed E-state index contributed by atoms with van der Waals surface area (Å²) in [5, 5.41) is 8.39. The second kappa shape index (κ2) is 11.9. The Hall–Kier alpha value is -1.92. The van der Waals surface area contributed by atoms with Gasteiger partial charge in [0.15, 0.2) is 0 Å². The van der Waals surface area contributed by atoms with Gasteiger partial charge in [-0.2, -0.15) is 0 Å². The quantitative estimate of drug-likeness (QED) is 0.399. The van der Waals surface area contributed by atoms with Gasteiger partial charge in [0.2, 0.25) is 5.91 Å². The number of aliphatic imine (C=N–C) groups is 1. The maximum atomic E-state index is 13.9. The molecule has 0 bridgehead atoms. The Morgan fingerprint density at radius 1 is 1.14 bits per heavy atom. The number of carbonyl (C=O) groups is 1. The normalized spacial score (nSPS) is 26.7. The van der Waals surface area contributed by atoms with Crippen LogP contribution in [0.15, 0.2) is 53.5 Å². The minimum Gasteiger partial charge on any atom is -0.381 e. The van der Waals surface area contributed by atoms with Crippen LogP contribution < -0.4 is 10.6 Å². The first kappa shape index (κ1) is 28.1. The molecule has 0 radical (unpaired) electrons. The maximum absolute atomic E-state index is 13.9. The van der Waals surface area contributed by atoms with E-state index in [0.717, 1.165) is 43.6 Å². The van der Waals surface area contributed by atoms with E-state index in [1.54, 1.807) is 0 Å². The first-order valence-corrected chi connectivity index (χ1v) is 13.9. The molecule has 4 rings (SSSR count). The van der Waals surface area contributed by atoms with Crippen LogP contribution in [-0.2, 0) is 14.9 Å². The molecule has 2 aromatic carbocycles. The number of benzene rings is 2. The van der Waals surface area contributed by atoms with Gasteiger partial charge in [-0.15, -0.1) is 0 Å². The monoisotopic (exact) mass is 543 g/mol. The van der Waals surface area contributed by atoms with Crippen molar-refractivity contribution >= 4 is 35.8 Å². The molecule has 1 amide bonds. The molecule has 0 aliphatic carbocycles. The van der Waals surface area contributed by atoms with Crippen LogP contribution in [-0.4, -0.2) is 51.0 Å². The minimum absolute atomic E-state index is 0.00952. The van der Waals surface area contributed by atoms with E-state index < -0.39 is 11.5 Å². The fourth-order valence-corrected chi connectivity index (χ4v) is 6.50. The second-order valence-corrected chi connectivity index (χ2v) is 12.6. The Balaban J connectivity index is 1.81. The third-order valence-corrected chi connectivity index (χ3v) is 8.35. The molecule has 7 heteroatoms. The smallest absolute Gasteiger partial charge is 0.237 e. The number of hydrogen-bond donors (Lipinski definition) is 2. The molecule has 0 spiro atoms. The highest BCUT2D eigenvalue weighted by atomic mass is 35.5. The van der Waals surface area contributed by atoms with Crippen LogP contribution in [0.5, 0.6) is 0 Å². The molecule has 0 saturated carbocycles. The van der Waals surface area contributed by atoms with Gasteiger partial charge in [-0.3, -0.25) is 9.79 Å². The van der Waals surface area contributed by atoms with Crippen molar-refractivity contribution < 1.29 is 9.53 Å². The topological polar surface area (TPSA) is 62.7 Å². The van der Waals surface area contributed by atoms with Crippen molar-refractivity contribution in [3.63, 3.8) is 0 Å². The first-order valence-electron chi connectivity index (χ1n) is 13.2. The van der Waals surface area contributed by atoms with E-state index in [-0.39, 0.29) is 23.3 Å². The van der Waals surface area contributed by atoms with Gasteiger partial charge in [0.1, 0.15) is 0 Å². The van der Waals surface area contributed by atoms with E-state index in [4.69, 9.17) is 27.9 Å². The summed E-state index contributed by atoms with van der Waals surface area (Å²) in [6, 6.07) is 15.4. The SMILES string of the molecule is C=NC[C@]1(c2ccc(Cl)cc2)[C@H](CC(C)(C)C)N[C@@H](C(=O)NCC2CCOCC2)[C@@H]1c1cccc(Cl)c1. The van der Waals surface area contributed by atoms with Gasteiger partial charge in [-0.25, -0.2) is 0 Å². The molecular weight excluding hydrogens is 505 g/mol. The molecule has 2 saturated heterocycles. The largest absolute Gasteiger partial charge is 0.381 e. The van der Waals surface area contributed by atoms with E-state index in [1.807, 2.05) is 30.3 Å². The van der Waals surface area contributed by atoms with Crippen molar-refractivity contribution in [1.82, 2.24) is 10.6 Å². The van der Waals surface area contributed by atoms with Gasteiger partial charge in [0.25, 0.3) is 0 Å². The number of ether oxygens (including phenoxy) is 1. The lowest BCUT2D eigenvalue weighted by atomic mass is 9.62. The molecule has 0 unspecified atom stereocenters. The van der Waals surface area contributed by atoms with Crippen molar-refractivity contribution in [3.8, 4) is 0 Å². The lowest BCUT2D eigenvalue weighted by Gasteiger charge is -2.42. The third-order valence-electron chi connectivity index (χ3n) is 7.86. The molecule has 5 nitrogen and oxygen atoms in total. The van der Waals surface area contributed by atoms with Crippen LogP contribution in [0.4, 0.5) is 0 Å². The van der Waals surface area contributed by atoms with Crippen LogP contribution in [0.3, 0.4) is 0 Å². The zero-order chi connectivity index (χ0) is 26.6. The number of halogens is 2. The molecule has 2 aromatic rings. The molecule has 200 valence electrons. The summed E-state index contributed by atoms with van der Waals surface area (Å²) in [4.78, 5) is 18.4. The van der Waals surface area contributed by atoms with Gasteiger partial charge in [-0.1, -0.05) is 68.2 Å². The summed E-state index contributed by atoms with van der Waals surface area (Å²) in [5.41, 5.74) is 1.60.